The summed E-state index contributed by atoms with van der Waals surface area (Å²) in [5.41, 5.74) is 3.46. The van der Waals surface area contributed by atoms with Crippen molar-refractivity contribution < 1.29 is 5.11 Å². The number of rotatable bonds is 7. The van der Waals surface area contributed by atoms with Gasteiger partial charge in [-0.3, -0.25) is 0 Å². The first-order chi connectivity index (χ1) is 9.86. The molecule has 1 rings (SSSR count). The molecule has 1 heteroatoms. The Hall–Kier alpha value is -0.820. The standard InChI is InChI=1S/C20H34O/c1-16(8-6-9-17(2)13-15-21)11-12-19-18(3)10-7-14-20(19,4)5/h6,9,11-12,16-17,21H,7-8,10,13-15H2,1-5H3/b9-6+,12-11+. The predicted molar refractivity (Wildman–Crippen MR) is 93.3 cm³/mol. The Balaban J connectivity index is 2.55. The van der Waals surface area contributed by atoms with Crippen molar-refractivity contribution in [3.8, 4) is 0 Å². The Bertz CT molecular complexity index is 398. The van der Waals surface area contributed by atoms with Crippen LogP contribution in [0.5, 0.6) is 0 Å². The minimum absolute atomic E-state index is 0.281. The van der Waals surface area contributed by atoms with Crippen LogP contribution in [0.3, 0.4) is 0 Å². The SMILES string of the molecule is CC1=C(/C=C/C(C)C/C=C/C(C)CCO)C(C)(C)CCC1. The van der Waals surface area contributed by atoms with E-state index >= 15 is 0 Å². The first-order valence-electron chi connectivity index (χ1n) is 8.52. The molecular formula is C20H34O. The average molecular weight is 290 g/mol. The molecule has 0 amide bonds. The van der Waals surface area contributed by atoms with Gasteiger partial charge in [-0.1, -0.05) is 57.6 Å². The molecule has 0 aromatic carbocycles. The van der Waals surface area contributed by atoms with E-state index in [1.54, 1.807) is 11.1 Å². The Labute approximate surface area is 131 Å². The minimum atomic E-state index is 0.281. The summed E-state index contributed by atoms with van der Waals surface area (Å²) in [5.74, 6) is 1.05. The van der Waals surface area contributed by atoms with Crippen LogP contribution in [0.4, 0.5) is 0 Å². The Morgan fingerprint density at radius 3 is 2.52 bits per heavy atom. The molecule has 1 aliphatic rings. The van der Waals surface area contributed by atoms with Gasteiger partial charge in [0.15, 0.2) is 0 Å². The molecule has 120 valence electrons. The normalized spacial score (nSPS) is 22.2. The van der Waals surface area contributed by atoms with Crippen molar-refractivity contribution in [2.45, 2.75) is 66.7 Å². The van der Waals surface area contributed by atoms with Gasteiger partial charge < -0.3 is 5.11 Å². The van der Waals surface area contributed by atoms with Crippen molar-refractivity contribution in [3.05, 3.63) is 35.5 Å². The maximum Gasteiger partial charge on any atom is 0.0436 e. The summed E-state index contributed by atoms with van der Waals surface area (Å²) < 4.78 is 0. The van der Waals surface area contributed by atoms with E-state index in [1.807, 2.05) is 0 Å². The summed E-state index contributed by atoms with van der Waals surface area (Å²) in [6.45, 7) is 11.8. The van der Waals surface area contributed by atoms with Gasteiger partial charge in [0.25, 0.3) is 0 Å². The van der Waals surface area contributed by atoms with Gasteiger partial charge in [-0.25, -0.2) is 0 Å². The molecule has 0 radical (unpaired) electrons. The van der Waals surface area contributed by atoms with E-state index in [0.717, 1.165) is 12.8 Å². The average Bonchev–Trinajstić information content (AvgIpc) is 2.37. The molecule has 1 nitrogen and oxygen atoms in total. The van der Waals surface area contributed by atoms with Gasteiger partial charge in [-0.2, -0.15) is 0 Å². The van der Waals surface area contributed by atoms with Gasteiger partial charge in [0.1, 0.15) is 0 Å². The third-order valence-electron chi connectivity index (χ3n) is 4.69. The highest BCUT2D eigenvalue weighted by molar-refractivity contribution is 5.32. The second-order valence-corrected chi connectivity index (χ2v) is 7.42. The summed E-state index contributed by atoms with van der Waals surface area (Å²) in [6.07, 6.45) is 15.1. The number of allylic oxidation sites excluding steroid dienone is 6. The molecule has 21 heavy (non-hydrogen) atoms. The summed E-state index contributed by atoms with van der Waals surface area (Å²) in [7, 11) is 0. The van der Waals surface area contributed by atoms with E-state index in [-0.39, 0.29) is 6.61 Å². The predicted octanol–water partition coefficient (Wildman–Crippen LogP) is 5.67. The molecular weight excluding hydrogens is 256 g/mol. The number of aliphatic hydroxyl groups excluding tert-OH is 1. The lowest BCUT2D eigenvalue weighted by atomic mass is 9.72. The first-order valence-corrected chi connectivity index (χ1v) is 8.52. The van der Waals surface area contributed by atoms with Crippen molar-refractivity contribution in [3.63, 3.8) is 0 Å². The third kappa shape index (κ3) is 6.22. The van der Waals surface area contributed by atoms with Gasteiger partial charge in [0, 0.05) is 6.61 Å². The molecule has 0 aliphatic heterocycles. The lowest BCUT2D eigenvalue weighted by Crippen LogP contribution is -2.19. The second kappa shape index (κ2) is 8.58. The van der Waals surface area contributed by atoms with E-state index < -0.39 is 0 Å². The van der Waals surface area contributed by atoms with E-state index in [4.69, 9.17) is 5.11 Å². The van der Waals surface area contributed by atoms with Gasteiger partial charge in [-0.15, -0.1) is 0 Å². The van der Waals surface area contributed by atoms with Crippen LogP contribution >= 0.6 is 0 Å². The molecule has 0 fully saturated rings. The third-order valence-corrected chi connectivity index (χ3v) is 4.69. The van der Waals surface area contributed by atoms with E-state index in [9.17, 15) is 0 Å². The molecule has 0 aromatic heterocycles. The van der Waals surface area contributed by atoms with Crippen molar-refractivity contribution in [2.24, 2.45) is 17.3 Å². The molecule has 0 saturated heterocycles. The van der Waals surface area contributed by atoms with Crippen LogP contribution in [-0.4, -0.2) is 11.7 Å². The fourth-order valence-electron chi connectivity index (χ4n) is 3.17. The summed E-state index contributed by atoms with van der Waals surface area (Å²) in [4.78, 5) is 0. The first kappa shape index (κ1) is 18.2. The van der Waals surface area contributed by atoms with E-state index in [2.05, 4.69) is 58.9 Å². The van der Waals surface area contributed by atoms with Crippen molar-refractivity contribution >= 4 is 0 Å². The van der Waals surface area contributed by atoms with Gasteiger partial charge in [0.05, 0.1) is 0 Å². The fourth-order valence-corrected chi connectivity index (χ4v) is 3.17. The Morgan fingerprint density at radius 1 is 1.19 bits per heavy atom. The van der Waals surface area contributed by atoms with Crippen LogP contribution in [0, 0.1) is 17.3 Å². The molecule has 0 bridgehead atoms. The molecule has 2 unspecified atom stereocenters. The van der Waals surface area contributed by atoms with Crippen LogP contribution in [0.15, 0.2) is 35.5 Å². The monoisotopic (exact) mass is 290 g/mol. The van der Waals surface area contributed by atoms with Crippen LogP contribution in [0.1, 0.15) is 66.7 Å². The fraction of sp³-hybridized carbons (Fsp3) is 0.700. The molecule has 1 N–H and O–H groups in total. The quantitative estimate of drug-likeness (QED) is 0.599. The second-order valence-electron chi connectivity index (χ2n) is 7.42. The molecule has 0 spiro atoms. The molecule has 1 aliphatic carbocycles. The zero-order valence-corrected chi connectivity index (χ0v) is 14.7. The lowest BCUT2D eigenvalue weighted by molar-refractivity contribution is 0.274. The lowest BCUT2D eigenvalue weighted by Gasteiger charge is -2.33. The largest absolute Gasteiger partial charge is 0.396 e. The Kier molecular flexibility index (Phi) is 7.45. The highest BCUT2D eigenvalue weighted by Crippen LogP contribution is 2.40. The topological polar surface area (TPSA) is 20.2 Å². The molecule has 0 aromatic rings. The Morgan fingerprint density at radius 2 is 1.90 bits per heavy atom. The van der Waals surface area contributed by atoms with Crippen molar-refractivity contribution in [2.75, 3.05) is 6.61 Å². The number of aliphatic hydroxyl groups is 1. The highest BCUT2D eigenvalue weighted by Gasteiger charge is 2.26. The van der Waals surface area contributed by atoms with Crippen molar-refractivity contribution in [1.29, 1.82) is 0 Å². The summed E-state index contributed by atoms with van der Waals surface area (Å²) >= 11 is 0. The minimum Gasteiger partial charge on any atom is -0.396 e. The van der Waals surface area contributed by atoms with E-state index in [0.29, 0.717) is 17.3 Å². The zero-order valence-electron chi connectivity index (χ0n) is 14.7. The van der Waals surface area contributed by atoms with Gasteiger partial charge in [0.2, 0.25) is 0 Å². The maximum absolute atomic E-state index is 8.90. The van der Waals surface area contributed by atoms with Crippen molar-refractivity contribution in [1.82, 2.24) is 0 Å². The van der Waals surface area contributed by atoms with Gasteiger partial charge in [-0.05, 0) is 61.9 Å². The highest BCUT2D eigenvalue weighted by atomic mass is 16.3. The van der Waals surface area contributed by atoms with Crippen LogP contribution in [-0.2, 0) is 0 Å². The summed E-state index contributed by atoms with van der Waals surface area (Å²) in [6, 6.07) is 0. The smallest absolute Gasteiger partial charge is 0.0436 e. The van der Waals surface area contributed by atoms with Crippen LogP contribution in [0.2, 0.25) is 0 Å². The van der Waals surface area contributed by atoms with Gasteiger partial charge >= 0.3 is 0 Å². The number of hydrogen-bond acceptors (Lipinski definition) is 1. The number of hydrogen-bond donors (Lipinski definition) is 1. The van der Waals surface area contributed by atoms with Crippen LogP contribution in [0.25, 0.3) is 0 Å². The molecule has 2 atom stereocenters. The molecule has 0 saturated carbocycles. The maximum atomic E-state index is 8.90. The summed E-state index contributed by atoms with van der Waals surface area (Å²) in [5, 5.41) is 8.90. The van der Waals surface area contributed by atoms with Crippen LogP contribution < -0.4 is 0 Å². The zero-order chi connectivity index (χ0) is 15.9. The molecule has 0 heterocycles. The van der Waals surface area contributed by atoms with E-state index in [1.165, 1.54) is 19.3 Å².